The molecule has 1 N–H and O–H groups in total. The van der Waals surface area contributed by atoms with Crippen molar-refractivity contribution in [2.45, 2.75) is 18.7 Å². The monoisotopic (exact) mass is 424 g/mol. The Morgan fingerprint density at radius 2 is 1.67 bits per heavy atom. The summed E-state index contributed by atoms with van der Waals surface area (Å²) in [7, 11) is -2.25. The molecule has 0 spiro atoms. The molecule has 7 heteroatoms. The highest BCUT2D eigenvalue weighted by molar-refractivity contribution is 7.92. The molecule has 6 nitrogen and oxygen atoms in total. The summed E-state index contributed by atoms with van der Waals surface area (Å²) in [6, 6.07) is 20.3. The molecule has 3 aromatic rings. The number of nitrogens with zero attached hydrogens (tertiary/aromatic N) is 1. The van der Waals surface area contributed by atoms with Crippen LogP contribution in [0.1, 0.15) is 22.8 Å². The number of rotatable bonds is 7. The number of nitrogens with one attached hydrogen (secondary N) is 1. The molecule has 0 heterocycles. The Morgan fingerprint density at radius 3 is 2.30 bits per heavy atom. The number of sulfonamides is 1. The van der Waals surface area contributed by atoms with Crippen molar-refractivity contribution in [3.05, 3.63) is 83.9 Å². The van der Waals surface area contributed by atoms with Gasteiger partial charge < -0.3 is 10.1 Å². The van der Waals surface area contributed by atoms with Gasteiger partial charge in [-0.1, -0.05) is 24.3 Å². The topological polar surface area (TPSA) is 75.7 Å². The summed E-state index contributed by atoms with van der Waals surface area (Å²) < 4.78 is 32.5. The third-order valence-corrected chi connectivity index (χ3v) is 6.42. The molecule has 0 fully saturated rings. The van der Waals surface area contributed by atoms with Gasteiger partial charge in [-0.3, -0.25) is 9.10 Å². The second kappa shape index (κ2) is 9.00. The first kappa shape index (κ1) is 21.4. The molecule has 3 rings (SSSR count). The number of carbonyl (C=O) groups is 1. The van der Waals surface area contributed by atoms with Gasteiger partial charge in [0.2, 0.25) is 0 Å². The van der Waals surface area contributed by atoms with Crippen LogP contribution < -0.4 is 14.4 Å². The quantitative estimate of drug-likeness (QED) is 0.607. The molecule has 0 bridgehead atoms. The number of benzene rings is 3. The van der Waals surface area contributed by atoms with Gasteiger partial charge in [0, 0.05) is 18.3 Å². The summed E-state index contributed by atoms with van der Waals surface area (Å²) in [5, 5.41) is 2.82. The summed E-state index contributed by atoms with van der Waals surface area (Å²) >= 11 is 0. The van der Waals surface area contributed by atoms with Crippen LogP contribution >= 0.6 is 0 Å². The van der Waals surface area contributed by atoms with E-state index >= 15 is 0 Å². The predicted molar refractivity (Wildman–Crippen MR) is 119 cm³/mol. The maximum atomic E-state index is 13.0. The van der Waals surface area contributed by atoms with Crippen LogP contribution in [0.15, 0.2) is 77.7 Å². The molecule has 0 aromatic heterocycles. The van der Waals surface area contributed by atoms with Gasteiger partial charge >= 0.3 is 0 Å². The molecule has 0 radical (unpaired) electrons. The van der Waals surface area contributed by atoms with Crippen LogP contribution in [-0.4, -0.2) is 28.0 Å². The Morgan fingerprint density at radius 1 is 1.00 bits per heavy atom. The molecule has 1 amide bonds. The van der Waals surface area contributed by atoms with Crippen LogP contribution in [0, 0.1) is 6.92 Å². The van der Waals surface area contributed by atoms with Gasteiger partial charge in [0.05, 0.1) is 17.2 Å². The minimum absolute atomic E-state index is 0.191. The molecule has 0 aliphatic rings. The lowest BCUT2D eigenvalue weighted by molar-refractivity contribution is 0.102. The predicted octanol–water partition coefficient (Wildman–Crippen LogP) is 4.47. The summed E-state index contributed by atoms with van der Waals surface area (Å²) in [5.74, 6) is 0.395. The van der Waals surface area contributed by atoms with Crippen LogP contribution in [0.2, 0.25) is 0 Å². The van der Waals surface area contributed by atoms with E-state index < -0.39 is 10.0 Å². The van der Waals surface area contributed by atoms with E-state index in [1.165, 1.54) is 11.4 Å². The van der Waals surface area contributed by atoms with Crippen molar-refractivity contribution in [2.24, 2.45) is 0 Å². The zero-order chi connectivity index (χ0) is 21.7. The number of aryl methyl sites for hydroxylation is 1. The lowest BCUT2D eigenvalue weighted by Gasteiger charge is -2.22. The van der Waals surface area contributed by atoms with E-state index in [0.717, 1.165) is 11.3 Å². The number of amides is 1. The van der Waals surface area contributed by atoms with Crippen molar-refractivity contribution in [3.8, 4) is 5.75 Å². The van der Waals surface area contributed by atoms with E-state index in [0.29, 0.717) is 23.5 Å². The SMILES string of the molecule is CCOc1ccc(NC(=O)c2ccc(C)c(N(C)S(=O)(=O)c3ccccc3)c2)cc1. The Bertz CT molecular complexity index is 1130. The molecule has 0 unspecified atom stereocenters. The van der Waals surface area contributed by atoms with Gasteiger partial charge in [0.25, 0.3) is 15.9 Å². The fourth-order valence-electron chi connectivity index (χ4n) is 2.97. The Balaban J connectivity index is 1.84. The molecule has 0 aliphatic carbocycles. The van der Waals surface area contributed by atoms with Gasteiger partial charge in [-0.25, -0.2) is 8.42 Å². The minimum Gasteiger partial charge on any atom is -0.494 e. The maximum Gasteiger partial charge on any atom is 0.264 e. The fourth-order valence-corrected chi connectivity index (χ4v) is 4.25. The molecule has 0 aliphatic heterocycles. The molecule has 30 heavy (non-hydrogen) atoms. The summed E-state index contributed by atoms with van der Waals surface area (Å²) in [6.07, 6.45) is 0. The zero-order valence-corrected chi connectivity index (χ0v) is 17.9. The van der Waals surface area contributed by atoms with Crippen molar-refractivity contribution in [2.75, 3.05) is 23.3 Å². The van der Waals surface area contributed by atoms with Gasteiger partial charge in [0.15, 0.2) is 0 Å². The van der Waals surface area contributed by atoms with Crippen molar-refractivity contribution in [3.63, 3.8) is 0 Å². The van der Waals surface area contributed by atoms with Crippen LogP contribution in [0.25, 0.3) is 0 Å². The average molecular weight is 425 g/mol. The second-order valence-corrected chi connectivity index (χ2v) is 8.67. The number of carbonyl (C=O) groups excluding carboxylic acids is 1. The maximum absolute atomic E-state index is 13.0. The normalized spacial score (nSPS) is 11.0. The lowest BCUT2D eigenvalue weighted by Crippen LogP contribution is -2.27. The smallest absolute Gasteiger partial charge is 0.264 e. The van der Waals surface area contributed by atoms with Gasteiger partial charge in [-0.05, 0) is 67.9 Å². The van der Waals surface area contributed by atoms with Gasteiger partial charge in [-0.15, -0.1) is 0 Å². The van der Waals surface area contributed by atoms with Crippen LogP contribution in [0.5, 0.6) is 5.75 Å². The van der Waals surface area contributed by atoms with Gasteiger partial charge in [0.1, 0.15) is 5.75 Å². The van der Waals surface area contributed by atoms with E-state index in [1.54, 1.807) is 79.7 Å². The minimum atomic E-state index is -3.74. The molecular weight excluding hydrogens is 400 g/mol. The van der Waals surface area contributed by atoms with E-state index in [1.807, 2.05) is 6.92 Å². The summed E-state index contributed by atoms with van der Waals surface area (Å²) in [4.78, 5) is 12.9. The van der Waals surface area contributed by atoms with Crippen molar-refractivity contribution in [1.29, 1.82) is 0 Å². The molecule has 156 valence electrons. The number of hydrogen-bond donors (Lipinski definition) is 1. The zero-order valence-electron chi connectivity index (χ0n) is 17.1. The van der Waals surface area contributed by atoms with Crippen LogP contribution in [0.4, 0.5) is 11.4 Å². The lowest BCUT2D eigenvalue weighted by atomic mass is 10.1. The first-order valence-corrected chi connectivity index (χ1v) is 11.0. The van der Waals surface area contributed by atoms with Gasteiger partial charge in [-0.2, -0.15) is 0 Å². The molecule has 3 aromatic carbocycles. The highest BCUT2D eigenvalue weighted by Crippen LogP contribution is 2.27. The van der Waals surface area contributed by atoms with Crippen molar-refractivity contribution in [1.82, 2.24) is 0 Å². The highest BCUT2D eigenvalue weighted by Gasteiger charge is 2.23. The molecule has 0 saturated carbocycles. The number of ether oxygens (including phenoxy) is 1. The number of hydrogen-bond acceptors (Lipinski definition) is 4. The van der Waals surface area contributed by atoms with E-state index in [4.69, 9.17) is 4.74 Å². The first-order chi connectivity index (χ1) is 14.3. The standard InChI is InChI=1S/C23H24N2O4S/c1-4-29-20-14-12-19(13-15-20)24-23(26)18-11-10-17(2)22(16-18)25(3)30(27,28)21-8-6-5-7-9-21/h5-16H,4H2,1-3H3,(H,24,26). The molecule has 0 atom stereocenters. The fraction of sp³-hybridized carbons (Fsp3) is 0.174. The Hall–Kier alpha value is -3.32. The molecule has 0 saturated heterocycles. The van der Waals surface area contributed by atoms with Crippen LogP contribution in [-0.2, 0) is 10.0 Å². The molecular formula is C23H24N2O4S. The summed E-state index contributed by atoms with van der Waals surface area (Å²) in [6.45, 7) is 4.28. The van der Waals surface area contributed by atoms with Crippen molar-refractivity contribution >= 4 is 27.3 Å². The second-order valence-electron chi connectivity index (χ2n) is 6.70. The number of anilines is 2. The van der Waals surface area contributed by atoms with E-state index in [9.17, 15) is 13.2 Å². The Labute approximate surface area is 177 Å². The third-order valence-electron chi connectivity index (χ3n) is 4.64. The third kappa shape index (κ3) is 4.63. The van der Waals surface area contributed by atoms with Crippen molar-refractivity contribution < 1.29 is 17.9 Å². The first-order valence-electron chi connectivity index (χ1n) is 9.51. The van der Waals surface area contributed by atoms with E-state index in [-0.39, 0.29) is 10.8 Å². The Kier molecular flexibility index (Phi) is 6.42. The van der Waals surface area contributed by atoms with Crippen LogP contribution in [0.3, 0.4) is 0 Å². The highest BCUT2D eigenvalue weighted by atomic mass is 32.2. The largest absolute Gasteiger partial charge is 0.494 e. The average Bonchev–Trinajstić information content (AvgIpc) is 2.75. The van der Waals surface area contributed by atoms with E-state index in [2.05, 4.69) is 5.32 Å². The summed E-state index contributed by atoms with van der Waals surface area (Å²) in [5.41, 5.74) is 2.17.